The van der Waals surface area contributed by atoms with Gasteiger partial charge in [-0.1, -0.05) is 23.4 Å². The highest BCUT2D eigenvalue weighted by atomic mass is 16.6. The molecule has 0 unspecified atom stereocenters. The maximum absolute atomic E-state index is 11.3. The van der Waals surface area contributed by atoms with Crippen molar-refractivity contribution in [2.45, 2.75) is 20.5 Å². The Morgan fingerprint density at radius 3 is 2.77 bits per heavy atom. The highest BCUT2D eigenvalue weighted by Gasteiger charge is 2.15. The molecule has 1 heterocycles. The summed E-state index contributed by atoms with van der Waals surface area (Å²) in [5.74, 6) is -0.575. The molecule has 0 radical (unpaired) electrons. The molecule has 0 spiro atoms. The van der Waals surface area contributed by atoms with Gasteiger partial charge in [0.2, 0.25) is 5.88 Å². The van der Waals surface area contributed by atoms with Crippen molar-refractivity contribution in [1.82, 2.24) is 4.73 Å². The van der Waals surface area contributed by atoms with Crippen LogP contribution in [0.1, 0.15) is 23.6 Å². The summed E-state index contributed by atoms with van der Waals surface area (Å²) in [5.41, 5.74) is 7.50. The Hall–Kier alpha value is -2.96. The van der Waals surface area contributed by atoms with Crippen LogP contribution in [0.25, 0.3) is 0 Å². The number of hydrogen-bond acceptors (Lipinski definition) is 6. The molecular weight excluding hydrogens is 286 g/mol. The maximum atomic E-state index is 11.3. The number of pyridine rings is 1. The van der Waals surface area contributed by atoms with E-state index >= 15 is 0 Å². The number of aromatic hydroxyl groups is 1. The van der Waals surface area contributed by atoms with Crippen LogP contribution < -0.4 is 11.3 Å². The molecule has 0 fully saturated rings. The molecule has 0 amide bonds. The lowest BCUT2D eigenvalue weighted by atomic mass is 10.1. The Labute approximate surface area is 126 Å². The first kappa shape index (κ1) is 15.4. The highest BCUT2D eigenvalue weighted by Crippen LogP contribution is 2.19. The minimum Gasteiger partial charge on any atom is -0.492 e. The summed E-state index contributed by atoms with van der Waals surface area (Å²) in [6.45, 7) is 3.40. The van der Waals surface area contributed by atoms with Gasteiger partial charge in [-0.25, -0.2) is 0 Å². The van der Waals surface area contributed by atoms with Crippen LogP contribution >= 0.6 is 0 Å². The molecule has 0 aliphatic carbocycles. The molecule has 0 saturated heterocycles. The van der Waals surface area contributed by atoms with E-state index in [1.807, 2.05) is 18.2 Å². The van der Waals surface area contributed by atoms with Crippen molar-refractivity contribution in [2.24, 2.45) is 5.16 Å². The molecule has 7 nitrogen and oxygen atoms in total. The molecule has 0 saturated carbocycles. The first-order valence-electron chi connectivity index (χ1n) is 6.57. The second-order valence-corrected chi connectivity index (χ2v) is 4.82. The largest absolute Gasteiger partial charge is 0.492 e. The Balaban J connectivity index is 2.22. The third-order valence-corrected chi connectivity index (χ3v) is 3.21. The van der Waals surface area contributed by atoms with Gasteiger partial charge in [-0.05, 0) is 25.5 Å². The molecule has 0 aliphatic rings. The van der Waals surface area contributed by atoms with Gasteiger partial charge in [0.05, 0.1) is 11.3 Å². The van der Waals surface area contributed by atoms with Gasteiger partial charge in [-0.3, -0.25) is 4.79 Å². The summed E-state index contributed by atoms with van der Waals surface area (Å²) in [7, 11) is 0. The fourth-order valence-corrected chi connectivity index (χ4v) is 2.06. The summed E-state index contributed by atoms with van der Waals surface area (Å²) in [6, 6.07) is 8.43. The van der Waals surface area contributed by atoms with Crippen LogP contribution in [-0.4, -0.2) is 20.8 Å². The number of anilines is 1. The van der Waals surface area contributed by atoms with Crippen molar-refractivity contribution in [3.8, 4) is 5.88 Å². The number of rotatable bonds is 4. The second-order valence-electron chi connectivity index (χ2n) is 4.82. The lowest BCUT2D eigenvalue weighted by molar-refractivity contribution is 0.130. The van der Waals surface area contributed by atoms with E-state index in [1.165, 1.54) is 6.07 Å². The fraction of sp³-hybridized carbons (Fsp3) is 0.200. The van der Waals surface area contributed by atoms with E-state index in [0.29, 0.717) is 17.0 Å². The van der Waals surface area contributed by atoms with Gasteiger partial charge in [0.1, 0.15) is 6.61 Å². The van der Waals surface area contributed by atoms with E-state index in [2.05, 4.69) is 5.16 Å². The summed E-state index contributed by atoms with van der Waals surface area (Å²) < 4.78 is 0.163. The van der Waals surface area contributed by atoms with E-state index in [-0.39, 0.29) is 16.9 Å². The summed E-state index contributed by atoms with van der Waals surface area (Å²) in [4.78, 5) is 16.6. The van der Waals surface area contributed by atoms with E-state index in [0.717, 1.165) is 5.56 Å². The summed E-state index contributed by atoms with van der Waals surface area (Å²) in [5, 5.41) is 23.2. The summed E-state index contributed by atoms with van der Waals surface area (Å²) in [6.07, 6.45) is 0. The Kier molecular flexibility index (Phi) is 4.36. The highest BCUT2D eigenvalue weighted by molar-refractivity contribution is 6.01. The van der Waals surface area contributed by atoms with E-state index in [1.54, 1.807) is 19.9 Å². The Bertz CT molecular complexity index is 781. The molecule has 2 aromatic rings. The van der Waals surface area contributed by atoms with Crippen molar-refractivity contribution in [3.63, 3.8) is 0 Å². The van der Waals surface area contributed by atoms with Gasteiger partial charge < -0.3 is 20.9 Å². The number of benzene rings is 1. The van der Waals surface area contributed by atoms with Crippen LogP contribution in [0.5, 0.6) is 5.88 Å². The maximum Gasteiger partial charge on any atom is 0.286 e. The molecule has 0 atom stereocenters. The van der Waals surface area contributed by atoms with Crippen molar-refractivity contribution in [2.75, 3.05) is 5.73 Å². The van der Waals surface area contributed by atoms with Crippen LogP contribution in [0, 0.1) is 6.92 Å². The SMILES string of the molecule is C/C(=N/OCc1ccccc1N)c1c(C)cc(=O)n(O)c1O. The van der Waals surface area contributed by atoms with E-state index in [4.69, 9.17) is 10.6 Å². The quantitative estimate of drug-likeness (QED) is 0.344. The zero-order valence-electron chi connectivity index (χ0n) is 12.3. The van der Waals surface area contributed by atoms with Gasteiger partial charge >= 0.3 is 0 Å². The predicted octanol–water partition coefficient (Wildman–Crippen LogP) is 1.62. The molecule has 4 N–H and O–H groups in total. The van der Waals surface area contributed by atoms with Gasteiger partial charge in [0.25, 0.3) is 5.56 Å². The fourth-order valence-electron chi connectivity index (χ4n) is 2.06. The number of aromatic nitrogens is 1. The molecule has 116 valence electrons. The Morgan fingerprint density at radius 2 is 2.09 bits per heavy atom. The number of oxime groups is 1. The molecule has 1 aromatic carbocycles. The van der Waals surface area contributed by atoms with Crippen molar-refractivity contribution >= 4 is 11.4 Å². The third-order valence-electron chi connectivity index (χ3n) is 3.21. The predicted molar refractivity (Wildman–Crippen MR) is 82.1 cm³/mol. The zero-order chi connectivity index (χ0) is 16.3. The molecule has 2 rings (SSSR count). The molecule has 0 aliphatic heterocycles. The molecule has 1 aromatic heterocycles. The third kappa shape index (κ3) is 3.03. The normalized spacial score (nSPS) is 11.5. The monoisotopic (exact) mass is 303 g/mol. The molecular formula is C15H17N3O4. The van der Waals surface area contributed by atoms with Gasteiger partial charge in [-0.15, -0.1) is 4.73 Å². The van der Waals surface area contributed by atoms with Crippen molar-refractivity contribution in [3.05, 3.63) is 57.4 Å². The lowest BCUT2D eigenvalue weighted by Crippen LogP contribution is -2.20. The molecule has 7 heteroatoms. The van der Waals surface area contributed by atoms with Gasteiger partial charge in [0.15, 0.2) is 0 Å². The minimum absolute atomic E-state index is 0.163. The number of nitrogen functional groups attached to an aromatic ring is 1. The minimum atomic E-state index is -0.718. The first-order valence-corrected chi connectivity index (χ1v) is 6.57. The number of nitrogens with zero attached hydrogens (tertiary/aromatic N) is 2. The molecule has 22 heavy (non-hydrogen) atoms. The van der Waals surface area contributed by atoms with E-state index < -0.39 is 11.4 Å². The van der Waals surface area contributed by atoms with Crippen molar-refractivity contribution in [1.29, 1.82) is 0 Å². The zero-order valence-corrected chi connectivity index (χ0v) is 12.3. The number of para-hydroxylation sites is 1. The molecule has 0 bridgehead atoms. The topological polar surface area (TPSA) is 110 Å². The van der Waals surface area contributed by atoms with Gasteiger partial charge in [0, 0.05) is 17.3 Å². The van der Waals surface area contributed by atoms with Crippen LogP contribution in [-0.2, 0) is 11.4 Å². The van der Waals surface area contributed by atoms with Gasteiger partial charge in [-0.2, -0.15) is 0 Å². The average molecular weight is 303 g/mol. The number of aryl methyl sites for hydroxylation is 1. The average Bonchev–Trinajstić information content (AvgIpc) is 2.47. The van der Waals surface area contributed by atoms with Crippen LogP contribution in [0.15, 0.2) is 40.3 Å². The van der Waals surface area contributed by atoms with E-state index in [9.17, 15) is 15.1 Å². The standard InChI is InChI=1S/C15H17N3O4/c1-9-7-13(19)18(21)15(20)14(9)10(2)17-22-8-11-5-3-4-6-12(11)16/h3-7,20-21H,8,16H2,1-2H3/b17-10-. The smallest absolute Gasteiger partial charge is 0.286 e. The van der Waals surface area contributed by atoms with Crippen molar-refractivity contribution < 1.29 is 15.2 Å². The Morgan fingerprint density at radius 1 is 1.41 bits per heavy atom. The second kappa shape index (κ2) is 6.21. The number of hydrogen-bond donors (Lipinski definition) is 3. The first-order chi connectivity index (χ1) is 10.4. The number of nitrogens with two attached hydrogens (primary N) is 1. The van der Waals surface area contributed by atoms with Crippen LogP contribution in [0.4, 0.5) is 5.69 Å². The van der Waals surface area contributed by atoms with Crippen LogP contribution in [0.2, 0.25) is 0 Å². The lowest BCUT2D eigenvalue weighted by Gasteiger charge is -2.10. The van der Waals surface area contributed by atoms with Crippen LogP contribution in [0.3, 0.4) is 0 Å². The summed E-state index contributed by atoms with van der Waals surface area (Å²) >= 11 is 0.